The second-order valence-electron chi connectivity index (χ2n) is 3.57. The van der Waals surface area contributed by atoms with Crippen LogP contribution in [0.15, 0.2) is 12.1 Å². The van der Waals surface area contributed by atoms with E-state index in [9.17, 15) is 4.39 Å². The van der Waals surface area contributed by atoms with Crippen molar-refractivity contribution >= 4 is 12.6 Å². The molecular formula is C10H14BFO4. The summed E-state index contributed by atoms with van der Waals surface area (Å²) < 4.78 is 18.5. The van der Waals surface area contributed by atoms with Gasteiger partial charge in [0.1, 0.15) is 11.6 Å². The van der Waals surface area contributed by atoms with Gasteiger partial charge in [0.15, 0.2) is 0 Å². The van der Waals surface area contributed by atoms with Gasteiger partial charge < -0.3 is 19.9 Å². The van der Waals surface area contributed by atoms with E-state index in [0.717, 1.165) is 6.07 Å². The Morgan fingerprint density at radius 1 is 1.44 bits per heavy atom. The first-order valence-electron chi connectivity index (χ1n) is 4.85. The average Bonchev–Trinajstić information content (AvgIpc) is 2.27. The number of halogens is 1. The van der Waals surface area contributed by atoms with Crippen LogP contribution in [0, 0.1) is 5.82 Å². The van der Waals surface area contributed by atoms with Crippen LogP contribution >= 0.6 is 0 Å². The zero-order valence-electron chi connectivity index (χ0n) is 9.14. The van der Waals surface area contributed by atoms with Crippen molar-refractivity contribution < 1.29 is 24.3 Å². The van der Waals surface area contributed by atoms with Gasteiger partial charge in [-0.15, -0.1) is 0 Å². The van der Waals surface area contributed by atoms with Crippen molar-refractivity contribution in [1.29, 1.82) is 0 Å². The van der Waals surface area contributed by atoms with E-state index in [1.807, 2.05) is 0 Å². The summed E-state index contributed by atoms with van der Waals surface area (Å²) in [6, 6.07) is 2.37. The van der Waals surface area contributed by atoms with Crippen LogP contribution < -0.4 is 10.2 Å². The van der Waals surface area contributed by atoms with Crippen LogP contribution in [0.3, 0.4) is 0 Å². The van der Waals surface area contributed by atoms with Gasteiger partial charge in [-0.2, -0.15) is 0 Å². The van der Waals surface area contributed by atoms with Crippen LogP contribution in [0.4, 0.5) is 4.39 Å². The molecule has 1 rings (SSSR count). The van der Waals surface area contributed by atoms with Crippen LogP contribution in [0.2, 0.25) is 0 Å². The third kappa shape index (κ3) is 2.52. The molecule has 0 radical (unpaired) electrons. The molecule has 0 bridgehead atoms. The van der Waals surface area contributed by atoms with Crippen molar-refractivity contribution in [3.63, 3.8) is 0 Å². The number of ether oxygens (including phenoxy) is 1. The van der Waals surface area contributed by atoms with Crippen molar-refractivity contribution in [3.05, 3.63) is 23.5 Å². The molecule has 0 heterocycles. The van der Waals surface area contributed by atoms with Crippen LogP contribution in [0.25, 0.3) is 0 Å². The van der Waals surface area contributed by atoms with Crippen molar-refractivity contribution in [2.24, 2.45) is 0 Å². The number of methoxy groups -OCH3 is 1. The van der Waals surface area contributed by atoms with Crippen LogP contribution in [-0.4, -0.2) is 36.0 Å². The fraction of sp³-hybridized carbons (Fsp3) is 0.400. The second kappa shape index (κ2) is 5.29. The molecule has 0 fully saturated rings. The molecule has 0 saturated carbocycles. The van der Waals surface area contributed by atoms with Crippen LogP contribution in [0.1, 0.15) is 18.4 Å². The van der Waals surface area contributed by atoms with Crippen molar-refractivity contribution in [3.8, 4) is 5.75 Å². The van der Waals surface area contributed by atoms with E-state index < -0.39 is 12.9 Å². The second-order valence-corrected chi connectivity index (χ2v) is 3.57. The quantitative estimate of drug-likeness (QED) is 0.614. The third-order valence-corrected chi connectivity index (χ3v) is 2.43. The van der Waals surface area contributed by atoms with Gasteiger partial charge in [-0.25, -0.2) is 4.39 Å². The molecule has 6 heteroatoms. The summed E-state index contributed by atoms with van der Waals surface area (Å²) in [6.07, 6.45) is 0. The summed E-state index contributed by atoms with van der Waals surface area (Å²) in [5.74, 6) is -0.688. The lowest BCUT2D eigenvalue weighted by atomic mass is 9.78. The molecule has 88 valence electrons. The number of hydrogen-bond acceptors (Lipinski definition) is 4. The highest BCUT2D eigenvalue weighted by Gasteiger charge is 2.21. The van der Waals surface area contributed by atoms with Gasteiger partial charge >= 0.3 is 7.12 Å². The minimum atomic E-state index is -1.88. The molecule has 0 saturated heterocycles. The molecule has 1 aromatic rings. The Morgan fingerprint density at radius 2 is 2.06 bits per heavy atom. The summed E-state index contributed by atoms with van der Waals surface area (Å²) in [6.45, 7) is 1.57. The SMILES string of the molecule is COc1cc(B(O)O)c(F)cc1[C@@H](C)CO. The number of hydrogen-bond donors (Lipinski definition) is 3. The van der Waals surface area contributed by atoms with E-state index in [-0.39, 0.29) is 18.0 Å². The lowest BCUT2D eigenvalue weighted by Crippen LogP contribution is -2.33. The molecule has 16 heavy (non-hydrogen) atoms. The summed E-state index contributed by atoms with van der Waals surface area (Å²) in [5.41, 5.74) is 0.248. The number of benzene rings is 1. The maximum atomic E-state index is 13.5. The van der Waals surface area contributed by atoms with Gasteiger partial charge in [-0.1, -0.05) is 6.92 Å². The van der Waals surface area contributed by atoms with Crippen molar-refractivity contribution in [1.82, 2.24) is 0 Å². The normalized spacial score (nSPS) is 12.4. The van der Waals surface area contributed by atoms with Gasteiger partial charge in [0, 0.05) is 23.6 Å². The summed E-state index contributed by atoms with van der Waals surface area (Å²) in [4.78, 5) is 0. The smallest absolute Gasteiger partial charge is 0.491 e. The van der Waals surface area contributed by atoms with E-state index in [4.69, 9.17) is 19.9 Å². The van der Waals surface area contributed by atoms with Gasteiger partial charge in [0.2, 0.25) is 0 Å². The highest BCUT2D eigenvalue weighted by molar-refractivity contribution is 6.58. The fourth-order valence-electron chi connectivity index (χ4n) is 1.44. The molecule has 0 spiro atoms. The third-order valence-electron chi connectivity index (χ3n) is 2.43. The number of aliphatic hydroxyl groups excluding tert-OH is 1. The number of aliphatic hydroxyl groups is 1. The predicted octanol–water partition coefficient (Wildman–Crippen LogP) is -0.390. The lowest BCUT2D eigenvalue weighted by molar-refractivity contribution is 0.269. The Kier molecular flexibility index (Phi) is 4.29. The first-order chi connectivity index (χ1) is 7.51. The standard InChI is InChI=1S/C10H14BFO4/c1-6(5-13)7-3-9(12)8(11(14)15)4-10(7)16-2/h3-4,6,13-15H,5H2,1-2H3/t6-/m0/s1. The molecule has 0 aliphatic rings. The maximum absolute atomic E-state index is 13.5. The topological polar surface area (TPSA) is 69.9 Å². The molecular weight excluding hydrogens is 214 g/mol. The van der Waals surface area contributed by atoms with Crippen LogP contribution in [-0.2, 0) is 0 Å². The monoisotopic (exact) mass is 228 g/mol. The highest BCUT2D eigenvalue weighted by Crippen LogP contribution is 2.26. The van der Waals surface area contributed by atoms with Gasteiger partial charge in [-0.3, -0.25) is 0 Å². The lowest BCUT2D eigenvalue weighted by Gasteiger charge is -2.15. The molecule has 0 amide bonds. The van der Waals surface area contributed by atoms with E-state index >= 15 is 0 Å². The molecule has 0 aliphatic carbocycles. The predicted molar refractivity (Wildman–Crippen MR) is 58.3 cm³/mol. The van der Waals surface area contributed by atoms with E-state index in [1.165, 1.54) is 13.2 Å². The maximum Gasteiger partial charge on any atom is 0.491 e. The first-order valence-corrected chi connectivity index (χ1v) is 4.85. The summed E-state index contributed by atoms with van der Waals surface area (Å²) >= 11 is 0. The largest absolute Gasteiger partial charge is 0.496 e. The van der Waals surface area contributed by atoms with Gasteiger partial charge in [0.05, 0.1) is 7.11 Å². The van der Waals surface area contributed by atoms with E-state index in [2.05, 4.69) is 0 Å². The Hall–Kier alpha value is -1.11. The first kappa shape index (κ1) is 13.0. The Bertz CT molecular complexity index is 370. The minimum absolute atomic E-state index is 0.142. The van der Waals surface area contributed by atoms with Gasteiger partial charge in [-0.05, 0) is 12.1 Å². The zero-order chi connectivity index (χ0) is 12.3. The van der Waals surface area contributed by atoms with E-state index in [0.29, 0.717) is 11.3 Å². The molecule has 0 aliphatic heterocycles. The summed E-state index contributed by atoms with van der Waals surface area (Å²) in [5, 5.41) is 26.8. The Morgan fingerprint density at radius 3 is 2.50 bits per heavy atom. The van der Waals surface area contributed by atoms with Gasteiger partial charge in [0.25, 0.3) is 0 Å². The molecule has 4 nitrogen and oxygen atoms in total. The molecule has 1 aromatic carbocycles. The number of rotatable bonds is 4. The highest BCUT2D eigenvalue weighted by atomic mass is 19.1. The van der Waals surface area contributed by atoms with Crippen molar-refractivity contribution in [2.75, 3.05) is 13.7 Å². The Labute approximate surface area is 93.4 Å². The molecule has 1 atom stereocenters. The molecule has 0 aromatic heterocycles. The van der Waals surface area contributed by atoms with E-state index in [1.54, 1.807) is 6.92 Å². The fourth-order valence-corrected chi connectivity index (χ4v) is 1.44. The summed E-state index contributed by atoms with van der Waals surface area (Å²) in [7, 11) is -0.485. The molecule has 0 unspecified atom stereocenters. The zero-order valence-corrected chi connectivity index (χ0v) is 9.14. The van der Waals surface area contributed by atoms with Crippen LogP contribution in [0.5, 0.6) is 5.75 Å². The molecule has 3 N–H and O–H groups in total. The average molecular weight is 228 g/mol. The van der Waals surface area contributed by atoms with Crippen molar-refractivity contribution in [2.45, 2.75) is 12.8 Å². The minimum Gasteiger partial charge on any atom is -0.496 e. The Balaban J connectivity index is 3.26.